The van der Waals surface area contributed by atoms with Crippen LogP contribution in [-0.4, -0.2) is 54.6 Å². The van der Waals surface area contributed by atoms with Crippen LogP contribution < -0.4 is 5.32 Å². The minimum Gasteiger partial charge on any atom is -0.480 e. The van der Waals surface area contributed by atoms with Gasteiger partial charge in [0.1, 0.15) is 6.04 Å². The van der Waals surface area contributed by atoms with E-state index in [9.17, 15) is 18.0 Å². The van der Waals surface area contributed by atoms with E-state index in [1.54, 1.807) is 6.92 Å². The molecule has 0 aromatic carbocycles. The van der Waals surface area contributed by atoms with Crippen molar-refractivity contribution in [1.29, 1.82) is 0 Å². The van der Waals surface area contributed by atoms with E-state index in [0.717, 1.165) is 12.8 Å². The Balaban J connectivity index is 2.53. The van der Waals surface area contributed by atoms with Crippen LogP contribution in [0.1, 0.15) is 46.0 Å². The zero-order valence-electron chi connectivity index (χ0n) is 13.2. The van der Waals surface area contributed by atoms with E-state index >= 15 is 0 Å². The number of hydrogen-bond donors (Lipinski definition) is 2. The van der Waals surface area contributed by atoms with Gasteiger partial charge in [0, 0.05) is 19.0 Å². The summed E-state index contributed by atoms with van der Waals surface area (Å²) in [6.07, 6.45) is 2.90. The van der Waals surface area contributed by atoms with Gasteiger partial charge in [0.15, 0.2) is 0 Å². The fourth-order valence-electron chi connectivity index (χ4n) is 2.53. The number of rotatable bonds is 8. The zero-order valence-corrected chi connectivity index (χ0v) is 14.1. The van der Waals surface area contributed by atoms with Gasteiger partial charge in [0.25, 0.3) is 0 Å². The fourth-order valence-corrected chi connectivity index (χ4v) is 3.67. The molecule has 1 aliphatic rings. The number of hydrogen-bond acceptors (Lipinski definition) is 4. The molecule has 0 radical (unpaired) electrons. The van der Waals surface area contributed by atoms with Gasteiger partial charge in [-0.05, 0) is 26.2 Å². The van der Waals surface area contributed by atoms with Gasteiger partial charge in [-0.15, -0.1) is 0 Å². The van der Waals surface area contributed by atoms with Gasteiger partial charge in [0.05, 0.1) is 5.75 Å². The van der Waals surface area contributed by atoms with Crippen LogP contribution in [0.2, 0.25) is 0 Å². The van der Waals surface area contributed by atoms with Crippen molar-refractivity contribution in [3.8, 4) is 0 Å². The third kappa shape index (κ3) is 5.24. The Kier molecular flexibility index (Phi) is 7.28. The first-order valence-corrected chi connectivity index (χ1v) is 9.43. The summed E-state index contributed by atoms with van der Waals surface area (Å²) in [5, 5.41) is 11.7. The summed E-state index contributed by atoms with van der Waals surface area (Å²) in [5.41, 5.74) is 0. The molecule has 1 aliphatic heterocycles. The summed E-state index contributed by atoms with van der Waals surface area (Å²) in [6, 6.07) is -0.857. The lowest BCUT2D eigenvalue weighted by atomic mass is 9.96. The molecular formula is C14H26N2O5S. The first kappa shape index (κ1) is 18.9. The Morgan fingerprint density at radius 3 is 2.32 bits per heavy atom. The largest absolute Gasteiger partial charge is 0.480 e. The summed E-state index contributed by atoms with van der Waals surface area (Å²) >= 11 is 0. The van der Waals surface area contributed by atoms with Gasteiger partial charge < -0.3 is 10.4 Å². The van der Waals surface area contributed by atoms with E-state index in [0.29, 0.717) is 32.4 Å². The Morgan fingerprint density at radius 2 is 1.86 bits per heavy atom. The maximum absolute atomic E-state index is 12.2. The number of carboxylic acid groups (broad SMARTS) is 1. The average Bonchev–Trinajstić information content (AvgIpc) is 2.51. The van der Waals surface area contributed by atoms with Crippen LogP contribution in [0, 0.1) is 5.92 Å². The lowest BCUT2D eigenvalue weighted by molar-refractivity contribution is -0.142. The summed E-state index contributed by atoms with van der Waals surface area (Å²) in [6.45, 7) is 4.20. The molecule has 0 saturated carbocycles. The Hall–Kier alpha value is -1.15. The van der Waals surface area contributed by atoms with Crippen molar-refractivity contribution in [3.63, 3.8) is 0 Å². The molecule has 22 heavy (non-hydrogen) atoms. The second-order valence-corrected chi connectivity index (χ2v) is 7.87. The molecule has 0 aromatic rings. The van der Waals surface area contributed by atoms with Crippen LogP contribution in [0.15, 0.2) is 0 Å². The van der Waals surface area contributed by atoms with Crippen molar-refractivity contribution in [2.24, 2.45) is 5.92 Å². The third-order valence-corrected chi connectivity index (χ3v) is 5.93. The van der Waals surface area contributed by atoms with Crippen molar-refractivity contribution in [3.05, 3.63) is 0 Å². The molecule has 0 aromatic heterocycles. The van der Waals surface area contributed by atoms with E-state index in [1.807, 2.05) is 6.92 Å². The molecule has 128 valence electrons. The second kappa shape index (κ2) is 8.47. The molecule has 1 heterocycles. The topological polar surface area (TPSA) is 104 Å². The van der Waals surface area contributed by atoms with Crippen LogP contribution in [0.4, 0.5) is 0 Å². The zero-order chi connectivity index (χ0) is 16.8. The SMILES string of the molecule is CCCC[C@H](NC(=O)C1CCN(S(=O)(=O)CC)CC1)C(=O)O. The molecule has 8 heteroatoms. The molecule has 1 rings (SSSR count). The molecule has 1 saturated heterocycles. The van der Waals surface area contributed by atoms with Gasteiger partial charge >= 0.3 is 5.97 Å². The molecule has 0 aliphatic carbocycles. The Bertz CT molecular complexity index is 483. The van der Waals surface area contributed by atoms with E-state index in [1.165, 1.54) is 4.31 Å². The van der Waals surface area contributed by atoms with Gasteiger partial charge in [-0.2, -0.15) is 0 Å². The van der Waals surface area contributed by atoms with E-state index in [4.69, 9.17) is 5.11 Å². The maximum Gasteiger partial charge on any atom is 0.326 e. The van der Waals surface area contributed by atoms with Gasteiger partial charge in [-0.3, -0.25) is 4.79 Å². The van der Waals surface area contributed by atoms with Crippen LogP contribution in [-0.2, 0) is 19.6 Å². The number of carbonyl (C=O) groups is 2. The number of unbranched alkanes of at least 4 members (excludes halogenated alkanes) is 1. The van der Waals surface area contributed by atoms with Crippen molar-refractivity contribution in [2.75, 3.05) is 18.8 Å². The van der Waals surface area contributed by atoms with Crippen LogP contribution in [0.25, 0.3) is 0 Å². The quantitative estimate of drug-likeness (QED) is 0.683. The minimum absolute atomic E-state index is 0.0575. The number of aliphatic carboxylic acids is 1. The number of sulfonamides is 1. The smallest absolute Gasteiger partial charge is 0.326 e. The Morgan fingerprint density at radius 1 is 1.27 bits per heavy atom. The van der Waals surface area contributed by atoms with Crippen molar-refractivity contribution >= 4 is 21.9 Å². The highest BCUT2D eigenvalue weighted by Gasteiger charge is 2.31. The summed E-state index contributed by atoms with van der Waals surface area (Å²) in [4.78, 5) is 23.3. The predicted octanol–water partition coefficient (Wildman–Crippen LogP) is 0.808. The van der Waals surface area contributed by atoms with Crippen molar-refractivity contribution in [1.82, 2.24) is 9.62 Å². The molecule has 1 amide bonds. The monoisotopic (exact) mass is 334 g/mol. The highest BCUT2D eigenvalue weighted by molar-refractivity contribution is 7.89. The first-order chi connectivity index (χ1) is 10.3. The minimum atomic E-state index is -3.21. The molecule has 0 bridgehead atoms. The number of carbonyl (C=O) groups excluding carboxylic acids is 1. The Labute approximate surface area is 132 Å². The van der Waals surface area contributed by atoms with Crippen LogP contribution in [0.5, 0.6) is 0 Å². The average molecular weight is 334 g/mol. The molecule has 1 fully saturated rings. The maximum atomic E-state index is 12.2. The van der Waals surface area contributed by atoms with E-state index in [2.05, 4.69) is 5.32 Å². The summed E-state index contributed by atoms with van der Waals surface area (Å²) < 4.78 is 24.9. The first-order valence-electron chi connectivity index (χ1n) is 7.82. The van der Waals surface area contributed by atoms with Gasteiger partial charge in [0.2, 0.25) is 15.9 Å². The molecule has 1 atom stereocenters. The molecular weight excluding hydrogens is 308 g/mol. The molecule has 2 N–H and O–H groups in total. The van der Waals surface area contributed by atoms with Crippen LogP contribution >= 0.6 is 0 Å². The lowest BCUT2D eigenvalue weighted by Gasteiger charge is -2.30. The number of amides is 1. The second-order valence-electron chi connectivity index (χ2n) is 5.62. The van der Waals surface area contributed by atoms with Crippen molar-refractivity contribution in [2.45, 2.75) is 52.0 Å². The van der Waals surface area contributed by atoms with E-state index in [-0.39, 0.29) is 17.6 Å². The lowest BCUT2D eigenvalue weighted by Crippen LogP contribution is -2.47. The standard InChI is InChI=1S/C14H26N2O5S/c1-3-5-6-12(14(18)19)15-13(17)11-7-9-16(10-8-11)22(20,21)4-2/h11-12H,3-10H2,1-2H3,(H,15,17)(H,18,19)/t12-/m0/s1. The highest BCUT2D eigenvalue weighted by Crippen LogP contribution is 2.20. The number of nitrogens with one attached hydrogen (secondary N) is 1. The normalized spacial score (nSPS) is 18.8. The molecule has 7 nitrogen and oxygen atoms in total. The van der Waals surface area contributed by atoms with Gasteiger partial charge in [-0.1, -0.05) is 19.8 Å². The third-order valence-electron chi connectivity index (χ3n) is 4.04. The predicted molar refractivity (Wildman–Crippen MR) is 82.8 cm³/mol. The number of carboxylic acids is 1. The van der Waals surface area contributed by atoms with E-state index < -0.39 is 22.0 Å². The summed E-state index contributed by atoms with van der Waals surface area (Å²) in [7, 11) is -3.21. The fraction of sp³-hybridized carbons (Fsp3) is 0.857. The molecule has 0 unspecified atom stereocenters. The molecule has 0 spiro atoms. The van der Waals surface area contributed by atoms with Crippen molar-refractivity contribution < 1.29 is 23.1 Å². The van der Waals surface area contributed by atoms with Gasteiger partial charge in [-0.25, -0.2) is 17.5 Å². The summed E-state index contributed by atoms with van der Waals surface area (Å²) in [5.74, 6) is -1.56. The highest BCUT2D eigenvalue weighted by atomic mass is 32.2. The number of nitrogens with zero attached hydrogens (tertiary/aromatic N) is 1. The number of piperidine rings is 1. The van der Waals surface area contributed by atoms with Crippen LogP contribution in [0.3, 0.4) is 0 Å².